The standard InChI is InChI=1S/C13H20ClN3O2/c1-5-15-11-10(14)6-9(7-16-11)12(18)17-8-13(2,3)19-4/h6-7H,5,8H2,1-4H3,(H,15,16)(H,17,18). The van der Waals surface area contributed by atoms with Crippen LogP contribution >= 0.6 is 11.6 Å². The van der Waals surface area contributed by atoms with Gasteiger partial charge in [-0.1, -0.05) is 11.6 Å². The molecule has 106 valence electrons. The fourth-order valence-electron chi connectivity index (χ4n) is 1.33. The van der Waals surface area contributed by atoms with Crippen molar-refractivity contribution in [3.8, 4) is 0 Å². The first-order valence-corrected chi connectivity index (χ1v) is 6.50. The number of hydrogen-bond acceptors (Lipinski definition) is 4. The summed E-state index contributed by atoms with van der Waals surface area (Å²) in [4.78, 5) is 16.1. The van der Waals surface area contributed by atoms with Crippen molar-refractivity contribution in [1.82, 2.24) is 10.3 Å². The van der Waals surface area contributed by atoms with E-state index >= 15 is 0 Å². The van der Waals surface area contributed by atoms with Crippen molar-refractivity contribution in [3.05, 3.63) is 22.8 Å². The smallest absolute Gasteiger partial charge is 0.253 e. The van der Waals surface area contributed by atoms with E-state index in [1.807, 2.05) is 20.8 Å². The third kappa shape index (κ3) is 4.69. The monoisotopic (exact) mass is 285 g/mol. The molecule has 1 amide bonds. The third-order valence-corrected chi connectivity index (χ3v) is 2.96. The fourth-order valence-corrected chi connectivity index (χ4v) is 1.56. The van der Waals surface area contributed by atoms with Crippen molar-refractivity contribution in [2.24, 2.45) is 0 Å². The molecule has 0 aliphatic heterocycles. The number of halogens is 1. The molecule has 0 spiro atoms. The number of nitrogens with one attached hydrogen (secondary N) is 2. The Kier molecular flexibility index (Phi) is 5.57. The number of carbonyl (C=O) groups is 1. The van der Waals surface area contributed by atoms with Gasteiger partial charge in [-0.2, -0.15) is 0 Å². The molecule has 0 aliphatic carbocycles. The number of carbonyl (C=O) groups excluding carboxylic acids is 1. The van der Waals surface area contributed by atoms with Crippen molar-refractivity contribution < 1.29 is 9.53 Å². The number of nitrogens with zero attached hydrogens (tertiary/aromatic N) is 1. The van der Waals surface area contributed by atoms with Gasteiger partial charge in [0.15, 0.2) is 0 Å². The summed E-state index contributed by atoms with van der Waals surface area (Å²) >= 11 is 6.04. The highest BCUT2D eigenvalue weighted by Crippen LogP contribution is 2.19. The molecule has 0 saturated carbocycles. The maximum atomic E-state index is 11.9. The van der Waals surface area contributed by atoms with Gasteiger partial charge in [0.1, 0.15) is 5.82 Å². The molecular weight excluding hydrogens is 266 g/mol. The third-order valence-electron chi connectivity index (χ3n) is 2.67. The predicted octanol–water partition coefficient (Wildman–Crippen LogP) is 2.32. The Morgan fingerprint density at radius 2 is 2.21 bits per heavy atom. The minimum atomic E-state index is -0.406. The van der Waals surface area contributed by atoms with E-state index in [0.29, 0.717) is 22.9 Å². The topological polar surface area (TPSA) is 63.2 Å². The summed E-state index contributed by atoms with van der Waals surface area (Å²) in [6, 6.07) is 1.60. The Hall–Kier alpha value is -1.33. The summed E-state index contributed by atoms with van der Waals surface area (Å²) < 4.78 is 5.23. The number of methoxy groups -OCH3 is 1. The van der Waals surface area contributed by atoms with Crippen molar-refractivity contribution in [1.29, 1.82) is 0 Å². The van der Waals surface area contributed by atoms with Gasteiger partial charge in [-0.3, -0.25) is 4.79 Å². The highest BCUT2D eigenvalue weighted by Gasteiger charge is 2.18. The molecule has 1 aromatic heterocycles. The van der Waals surface area contributed by atoms with E-state index < -0.39 is 5.60 Å². The fraction of sp³-hybridized carbons (Fsp3) is 0.538. The molecule has 5 nitrogen and oxygen atoms in total. The molecule has 2 N–H and O–H groups in total. The van der Waals surface area contributed by atoms with Crippen LogP contribution in [0, 0.1) is 0 Å². The second-order valence-corrected chi connectivity index (χ2v) is 5.14. The van der Waals surface area contributed by atoms with Crippen molar-refractivity contribution in [2.75, 3.05) is 25.5 Å². The van der Waals surface area contributed by atoms with E-state index in [2.05, 4.69) is 15.6 Å². The Balaban J connectivity index is 2.70. The lowest BCUT2D eigenvalue weighted by Crippen LogP contribution is -2.39. The number of anilines is 1. The van der Waals surface area contributed by atoms with Gasteiger partial charge in [0.25, 0.3) is 5.91 Å². The van der Waals surface area contributed by atoms with Crippen LogP contribution in [0.1, 0.15) is 31.1 Å². The summed E-state index contributed by atoms with van der Waals surface area (Å²) in [7, 11) is 1.61. The Labute approximate surface area is 118 Å². The van der Waals surface area contributed by atoms with Crippen LogP contribution in [0.25, 0.3) is 0 Å². The van der Waals surface area contributed by atoms with Gasteiger partial charge in [-0.05, 0) is 26.8 Å². The lowest BCUT2D eigenvalue weighted by atomic mass is 10.1. The molecule has 0 saturated heterocycles. The maximum absolute atomic E-state index is 11.9. The number of hydrogen-bond donors (Lipinski definition) is 2. The molecule has 0 bridgehead atoms. The van der Waals surface area contributed by atoms with Crippen molar-refractivity contribution in [3.63, 3.8) is 0 Å². The summed E-state index contributed by atoms with van der Waals surface area (Å²) in [5.41, 5.74) is 0.0231. The highest BCUT2D eigenvalue weighted by atomic mass is 35.5. The molecule has 6 heteroatoms. The maximum Gasteiger partial charge on any atom is 0.253 e. The van der Waals surface area contributed by atoms with E-state index in [-0.39, 0.29) is 5.91 Å². The molecule has 0 radical (unpaired) electrons. The Bertz CT molecular complexity index is 450. The molecule has 0 aliphatic rings. The van der Waals surface area contributed by atoms with Crippen molar-refractivity contribution in [2.45, 2.75) is 26.4 Å². The van der Waals surface area contributed by atoms with Crippen LogP contribution in [0.5, 0.6) is 0 Å². The van der Waals surface area contributed by atoms with Crippen LogP contribution in [-0.4, -0.2) is 36.7 Å². The molecule has 1 aromatic rings. The van der Waals surface area contributed by atoms with Gasteiger partial charge >= 0.3 is 0 Å². The minimum Gasteiger partial charge on any atom is -0.377 e. The zero-order valence-electron chi connectivity index (χ0n) is 11.7. The van der Waals surface area contributed by atoms with Gasteiger partial charge in [-0.15, -0.1) is 0 Å². The lowest BCUT2D eigenvalue weighted by Gasteiger charge is -2.23. The zero-order valence-corrected chi connectivity index (χ0v) is 12.5. The number of pyridine rings is 1. The minimum absolute atomic E-state index is 0.220. The van der Waals surface area contributed by atoms with Gasteiger partial charge in [0.2, 0.25) is 0 Å². The van der Waals surface area contributed by atoms with Crippen LogP contribution in [0.2, 0.25) is 5.02 Å². The van der Waals surface area contributed by atoms with Crippen LogP contribution in [0.15, 0.2) is 12.3 Å². The molecule has 0 fully saturated rings. The number of rotatable bonds is 6. The van der Waals surface area contributed by atoms with Gasteiger partial charge in [0, 0.05) is 26.4 Å². The summed E-state index contributed by atoms with van der Waals surface area (Å²) in [5, 5.41) is 6.23. The van der Waals surface area contributed by atoms with E-state index in [1.54, 1.807) is 13.2 Å². The molecule has 0 atom stereocenters. The summed E-state index contributed by atoms with van der Waals surface area (Å²) in [6.45, 7) is 6.88. The predicted molar refractivity (Wildman–Crippen MR) is 76.8 cm³/mol. The van der Waals surface area contributed by atoms with Crippen LogP contribution in [0.4, 0.5) is 5.82 Å². The lowest BCUT2D eigenvalue weighted by molar-refractivity contribution is 0.0228. The summed E-state index contributed by atoms with van der Waals surface area (Å²) in [6.07, 6.45) is 1.50. The van der Waals surface area contributed by atoms with Crippen LogP contribution < -0.4 is 10.6 Å². The van der Waals surface area contributed by atoms with Crippen LogP contribution in [-0.2, 0) is 4.74 Å². The van der Waals surface area contributed by atoms with Gasteiger partial charge in [0.05, 0.1) is 16.2 Å². The van der Waals surface area contributed by atoms with E-state index in [0.717, 1.165) is 6.54 Å². The van der Waals surface area contributed by atoms with Gasteiger partial charge in [-0.25, -0.2) is 4.98 Å². The molecule has 0 unspecified atom stereocenters. The molecular formula is C13H20ClN3O2. The van der Waals surface area contributed by atoms with Crippen LogP contribution in [0.3, 0.4) is 0 Å². The largest absolute Gasteiger partial charge is 0.377 e. The number of ether oxygens (including phenoxy) is 1. The van der Waals surface area contributed by atoms with E-state index in [4.69, 9.17) is 16.3 Å². The summed E-state index contributed by atoms with van der Waals surface area (Å²) in [5.74, 6) is 0.362. The second kappa shape index (κ2) is 6.73. The first-order chi connectivity index (χ1) is 8.89. The van der Waals surface area contributed by atoms with E-state index in [9.17, 15) is 4.79 Å². The Morgan fingerprint density at radius 3 is 2.74 bits per heavy atom. The van der Waals surface area contributed by atoms with Gasteiger partial charge < -0.3 is 15.4 Å². The molecule has 1 heterocycles. The first-order valence-electron chi connectivity index (χ1n) is 6.12. The molecule has 19 heavy (non-hydrogen) atoms. The zero-order chi connectivity index (χ0) is 14.5. The highest BCUT2D eigenvalue weighted by molar-refractivity contribution is 6.33. The SMILES string of the molecule is CCNc1ncc(C(=O)NCC(C)(C)OC)cc1Cl. The molecule has 0 aromatic carbocycles. The number of amides is 1. The average molecular weight is 286 g/mol. The van der Waals surface area contributed by atoms with Crippen molar-refractivity contribution >= 4 is 23.3 Å². The normalized spacial score (nSPS) is 11.2. The van der Waals surface area contributed by atoms with E-state index in [1.165, 1.54) is 6.20 Å². The Morgan fingerprint density at radius 1 is 1.53 bits per heavy atom. The quantitative estimate of drug-likeness (QED) is 0.842. The molecule has 1 rings (SSSR count). The number of aromatic nitrogens is 1. The first kappa shape index (κ1) is 15.7. The second-order valence-electron chi connectivity index (χ2n) is 4.73. The average Bonchev–Trinajstić information content (AvgIpc) is 2.38.